The lowest BCUT2D eigenvalue weighted by Crippen LogP contribution is -2.56. The van der Waals surface area contributed by atoms with Crippen molar-refractivity contribution in [1.29, 1.82) is 0 Å². The largest absolute Gasteiger partial charge is 0.351 e. The fourth-order valence-electron chi connectivity index (χ4n) is 3.41. The Morgan fingerprint density at radius 3 is 2.91 bits per heavy atom. The van der Waals surface area contributed by atoms with Crippen molar-refractivity contribution in [2.24, 2.45) is 0 Å². The van der Waals surface area contributed by atoms with Gasteiger partial charge in [-0.25, -0.2) is 8.42 Å². The second-order valence-corrected chi connectivity index (χ2v) is 9.63. The quantitative estimate of drug-likeness (QED) is 0.880. The third-order valence-corrected chi connectivity index (χ3v) is 8.12. The highest BCUT2D eigenvalue weighted by Gasteiger charge is 2.40. The van der Waals surface area contributed by atoms with Crippen LogP contribution in [0.1, 0.15) is 31.6 Å². The molecule has 128 valence electrons. The molecule has 0 unspecified atom stereocenters. The molecule has 1 aromatic rings. The summed E-state index contributed by atoms with van der Waals surface area (Å²) in [5, 5.41) is 2.70. The summed E-state index contributed by atoms with van der Waals surface area (Å²) >= 11 is 1.24. The maximum absolute atomic E-state index is 13.0. The predicted molar refractivity (Wildman–Crippen MR) is 89.8 cm³/mol. The van der Waals surface area contributed by atoms with Crippen LogP contribution >= 0.6 is 11.3 Å². The van der Waals surface area contributed by atoms with E-state index in [2.05, 4.69) is 10.2 Å². The van der Waals surface area contributed by atoms with Crippen molar-refractivity contribution in [1.82, 2.24) is 14.5 Å². The molecule has 3 rings (SSSR count). The summed E-state index contributed by atoms with van der Waals surface area (Å²) in [6.45, 7) is 6.30. The molecule has 0 aromatic carbocycles. The Kier molecular flexibility index (Phi) is 4.78. The average molecular weight is 358 g/mol. The summed E-state index contributed by atoms with van der Waals surface area (Å²) in [7, 11) is -3.46. The Labute approximate surface area is 141 Å². The maximum atomic E-state index is 13.0. The number of carbonyl (C=O) groups is 1. The van der Waals surface area contributed by atoms with Crippen LogP contribution in [0.2, 0.25) is 0 Å². The molecular formula is C15H23N3O3S2. The number of nitrogens with zero attached hydrogens (tertiary/aromatic N) is 2. The van der Waals surface area contributed by atoms with E-state index in [4.69, 9.17) is 0 Å². The molecule has 1 aromatic heterocycles. The minimum absolute atomic E-state index is 0.00440. The molecular weight excluding hydrogens is 334 g/mol. The Bertz CT molecular complexity index is 686. The van der Waals surface area contributed by atoms with Gasteiger partial charge in [0.1, 0.15) is 4.21 Å². The fraction of sp³-hybridized carbons (Fsp3) is 0.667. The van der Waals surface area contributed by atoms with Gasteiger partial charge >= 0.3 is 0 Å². The van der Waals surface area contributed by atoms with Gasteiger partial charge in [-0.2, -0.15) is 4.31 Å². The number of thiophene rings is 1. The molecule has 8 heteroatoms. The number of nitrogens with one attached hydrogen (secondary N) is 1. The molecule has 0 bridgehead atoms. The first-order valence-corrected chi connectivity index (χ1v) is 10.2. The van der Waals surface area contributed by atoms with Gasteiger partial charge in [0.15, 0.2) is 0 Å². The van der Waals surface area contributed by atoms with Crippen molar-refractivity contribution in [3.63, 3.8) is 0 Å². The highest BCUT2D eigenvalue weighted by atomic mass is 32.2. The SMILES string of the molecule is CC(=O)NCc1ccc(S(=O)(=O)N2C[C@H]3CCCN3C[C@@H]2C)s1. The standard InChI is InChI=1S/C15H23N3O3S2/c1-11-9-17-7-3-4-13(17)10-18(11)23(20,21)15-6-5-14(22-15)8-16-12(2)19/h5-6,11,13H,3-4,7-10H2,1-2H3,(H,16,19)/t11-,13+/m0/s1. The lowest BCUT2D eigenvalue weighted by atomic mass is 10.1. The van der Waals surface area contributed by atoms with Crippen LogP contribution in [-0.4, -0.2) is 55.2 Å². The van der Waals surface area contributed by atoms with E-state index in [-0.39, 0.29) is 11.9 Å². The van der Waals surface area contributed by atoms with Gasteiger partial charge in [-0.05, 0) is 38.4 Å². The summed E-state index contributed by atoms with van der Waals surface area (Å²) in [5.41, 5.74) is 0. The molecule has 2 aliphatic heterocycles. The number of rotatable bonds is 4. The minimum Gasteiger partial charge on any atom is -0.351 e. The number of sulfonamides is 1. The second kappa shape index (κ2) is 6.51. The van der Waals surface area contributed by atoms with E-state index in [1.807, 2.05) is 6.92 Å². The summed E-state index contributed by atoms with van der Waals surface area (Å²) < 4.78 is 28.0. The van der Waals surface area contributed by atoms with Crippen LogP contribution < -0.4 is 5.32 Å². The third-order valence-electron chi connectivity index (χ3n) is 4.59. The predicted octanol–water partition coefficient (Wildman–Crippen LogP) is 1.24. The number of amides is 1. The molecule has 2 atom stereocenters. The highest BCUT2D eigenvalue weighted by Crippen LogP contribution is 2.31. The zero-order valence-electron chi connectivity index (χ0n) is 13.5. The van der Waals surface area contributed by atoms with E-state index < -0.39 is 10.0 Å². The maximum Gasteiger partial charge on any atom is 0.252 e. The number of carbonyl (C=O) groups excluding carboxylic acids is 1. The summed E-state index contributed by atoms with van der Waals surface area (Å²) in [6, 6.07) is 3.80. The van der Waals surface area contributed by atoms with Crippen molar-refractivity contribution < 1.29 is 13.2 Å². The number of piperazine rings is 1. The minimum atomic E-state index is -3.46. The zero-order chi connectivity index (χ0) is 16.6. The fourth-order valence-corrected chi connectivity index (χ4v) is 6.50. The van der Waals surface area contributed by atoms with E-state index in [1.54, 1.807) is 16.4 Å². The molecule has 2 aliphatic rings. The highest BCUT2D eigenvalue weighted by molar-refractivity contribution is 7.91. The van der Waals surface area contributed by atoms with Gasteiger partial charge in [0, 0.05) is 37.0 Å². The average Bonchev–Trinajstić information content (AvgIpc) is 3.12. The van der Waals surface area contributed by atoms with E-state index in [9.17, 15) is 13.2 Å². The summed E-state index contributed by atoms with van der Waals surface area (Å²) in [4.78, 5) is 14.2. The zero-order valence-corrected chi connectivity index (χ0v) is 15.1. The molecule has 0 radical (unpaired) electrons. The van der Waals surface area contributed by atoms with Crippen LogP contribution in [0.5, 0.6) is 0 Å². The van der Waals surface area contributed by atoms with Gasteiger partial charge < -0.3 is 5.32 Å². The molecule has 1 N–H and O–H groups in total. The summed E-state index contributed by atoms with van der Waals surface area (Å²) in [6.07, 6.45) is 2.24. The monoisotopic (exact) mass is 357 g/mol. The topological polar surface area (TPSA) is 69.7 Å². The first-order valence-electron chi connectivity index (χ1n) is 7.97. The van der Waals surface area contributed by atoms with Crippen molar-refractivity contribution in [2.75, 3.05) is 19.6 Å². The van der Waals surface area contributed by atoms with Crippen molar-refractivity contribution >= 4 is 27.3 Å². The Morgan fingerprint density at radius 2 is 2.17 bits per heavy atom. The van der Waals surface area contributed by atoms with Crippen molar-refractivity contribution in [2.45, 2.75) is 49.5 Å². The van der Waals surface area contributed by atoms with Gasteiger partial charge in [0.05, 0.1) is 6.54 Å². The molecule has 1 amide bonds. The molecule has 6 nitrogen and oxygen atoms in total. The van der Waals surface area contributed by atoms with Gasteiger partial charge in [0.2, 0.25) is 5.91 Å². The second-order valence-electron chi connectivity index (χ2n) is 6.35. The van der Waals surface area contributed by atoms with Crippen LogP contribution in [-0.2, 0) is 21.4 Å². The van der Waals surface area contributed by atoms with Crippen LogP contribution in [0.3, 0.4) is 0 Å². The van der Waals surface area contributed by atoms with Crippen LogP contribution in [0.25, 0.3) is 0 Å². The van der Waals surface area contributed by atoms with Crippen molar-refractivity contribution in [3.8, 4) is 0 Å². The Hall–Kier alpha value is -0.960. The van der Waals surface area contributed by atoms with Crippen LogP contribution in [0.15, 0.2) is 16.3 Å². The van der Waals surface area contributed by atoms with E-state index >= 15 is 0 Å². The van der Waals surface area contributed by atoms with Crippen molar-refractivity contribution in [3.05, 3.63) is 17.0 Å². The molecule has 2 fully saturated rings. The van der Waals surface area contributed by atoms with Gasteiger partial charge in [0.25, 0.3) is 10.0 Å². The Morgan fingerprint density at radius 1 is 1.39 bits per heavy atom. The first kappa shape index (κ1) is 16.9. The normalized spacial score (nSPS) is 26.2. The lowest BCUT2D eigenvalue weighted by molar-refractivity contribution is -0.119. The number of hydrogen-bond acceptors (Lipinski definition) is 5. The molecule has 23 heavy (non-hydrogen) atoms. The lowest BCUT2D eigenvalue weighted by Gasteiger charge is -2.41. The van der Waals surface area contributed by atoms with E-state index in [1.165, 1.54) is 18.3 Å². The molecule has 3 heterocycles. The summed E-state index contributed by atoms with van der Waals surface area (Å²) in [5.74, 6) is -0.117. The smallest absolute Gasteiger partial charge is 0.252 e. The first-order chi connectivity index (χ1) is 10.9. The number of fused-ring (bicyclic) bond motifs is 1. The molecule has 0 saturated carbocycles. The van der Waals surface area contributed by atoms with E-state index in [0.717, 1.165) is 30.8 Å². The van der Waals surface area contributed by atoms with Gasteiger partial charge in [-0.15, -0.1) is 11.3 Å². The van der Waals surface area contributed by atoms with Crippen LogP contribution in [0, 0.1) is 0 Å². The van der Waals surface area contributed by atoms with Crippen LogP contribution in [0.4, 0.5) is 0 Å². The Balaban J connectivity index is 1.76. The molecule has 0 spiro atoms. The third kappa shape index (κ3) is 3.45. The van der Waals surface area contributed by atoms with Gasteiger partial charge in [-0.1, -0.05) is 0 Å². The molecule has 2 saturated heterocycles. The van der Waals surface area contributed by atoms with Gasteiger partial charge in [-0.3, -0.25) is 9.69 Å². The number of hydrogen-bond donors (Lipinski definition) is 1. The molecule has 0 aliphatic carbocycles. The van der Waals surface area contributed by atoms with E-state index in [0.29, 0.717) is 23.3 Å².